The van der Waals surface area contributed by atoms with Crippen LogP contribution in [0.25, 0.3) is 0 Å². The highest BCUT2D eigenvalue weighted by Crippen LogP contribution is 2.26. The van der Waals surface area contributed by atoms with Gasteiger partial charge in [0.05, 0.1) is 10.5 Å². The highest BCUT2D eigenvalue weighted by molar-refractivity contribution is 14.1. The van der Waals surface area contributed by atoms with E-state index in [0.29, 0.717) is 3.57 Å². The van der Waals surface area contributed by atoms with Gasteiger partial charge in [0.25, 0.3) is 0 Å². The van der Waals surface area contributed by atoms with Gasteiger partial charge in [-0.3, -0.25) is 0 Å². The Labute approximate surface area is 138 Å². The Morgan fingerprint density at radius 1 is 1.43 bits per heavy atom. The molecule has 0 saturated carbocycles. The molecule has 1 N–H and O–H groups in total. The molecule has 0 radical (unpaired) electrons. The first-order chi connectivity index (χ1) is 9.51. The van der Waals surface area contributed by atoms with E-state index >= 15 is 0 Å². The summed E-state index contributed by atoms with van der Waals surface area (Å²) in [6.45, 7) is 9.06. The maximum absolute atomic E-state index is 12.7. The third-order valence-electron chi connectivity index (χ3n) is 2.80. The van der Waals surface area contributed by atoms with Crippen LogP contribution < -0.4 is 0 Å². The van der Waals surface area contributed by atoms with E-state index in [2.05, 4.69) is 6.58 Å². The minimum atomic E-state index is -3.80. The lowest BCUT2D eigenvalue weighted by Gasteiger charge is -2.33. The molecule has 0 heterocycles. The number of hydrogen-bond acceptors (Lipinski definition) is 3. The van der Waals surface area contributed by atoms with Crippen LogP contribution in [0.2, 0.25) is 0 Å². The zero-order valence-electron chi connectivity index (χ0n) is 12.1. The van der Waals surface area contributed by atoms with Gasteiger partial charge in [0.1, 0.15) is 0 Å². The summed E-state index contributed by atoms with van der Waals surface area (Å²) in [5.74, 6) is -1.15. The first kappa shape index (κ1) is 18.1. The van der Waals surface area contributed by atoms with Crippen LogP contribution in [0.15, 0.2) is 35.7 Å². The summed E-state index contributed by atoms with van der Waals surface area (Å²) >= 11 is 1.87. The average molecular weight is 423 g/mol. The topological polar surface area (TPSA) is 74.7 Å². The van der Waals surface area contributed by atoms with Crippen LogP contribution in [0.1, 0.15) is 31.1 Å². The fourth-order valence-corrected chi connectivity index (χ4v) is 4.16. The van der Waals surface area contributed by atoms with Crippen LogP contribution in [0.4, 0.5) is 0 Å². The molecule has 1 aromatic carbocycles. The molecule has 21 heavy (non-hydrogen) atoms. The molecule has 1 aromatic rings. The van der Waals surface area contributed by atoms with Gasteiger partial charge in [-0.1, -0.05) is 6.08 Å². The van der Waals surface area contributed by atoms with E-state index in [1.54, 1.807) is 20.8 Å². The number of hydrogen-bond donors (Lipinski definition) is 1. The summed E-state index contributed by atoms with van der Waals surface area (Å²) in [4.78, 5) is 11.1. The number of benzene rings is 1. The first-order valence-corrected chi connectivity index (χ1v) is 8.70. The first-order valence-electron chi connectivity index (χ1n) is 6.18. The molecule has 116 valence electrons. The Kier molecular flexibility index (Phi) is 5.57. The highest BCUT2D eigenvalue weighted by atomic mass is 127. The average Bonchev–Trinajstić information content (AvgIpc) is 2.34. The van der Waals surface area contributed by atoms with Crippen LogP contribution >= 0.6 is 22.6 Å². The van der Waals surface area contributed by atoms with Crippen LogP contribution in [0.5, 0.6) is 0 Å². The maximum Gasteiger partial charge on any atom is 0.336 e. The summed E-state index contributed by atoms with van der Waals surface area (Å²) < 4.78 is 27.3. The van der Waals surface area contributed by atoms with Crippen LogP contribution in [-0.4, -0.2) is 35.9 Å². The number of carbonyl (C=O) groups is 1. The van der Waals surface area contributed by atoms with E-state index in [-0.39, 0.29) is 17.0 Å². The van der Waals surface area contributed by atoms with Crippen molar-refractivity contribution in [1.82, 2.24) is 4.31 Å². The van der Waals surface area contributed by atoms with Crippen molar-refractivity contribution in [3.63, 3.8) is 0 Å². The highest BCUT2D eigenvalue weighted by Gasteiger charge is 2.33. The smallest absolute Gasteiger partial charge is 0.336 e. The third-order valence-corrected chi connectivity index (χ3v) is 5.87. The van der Waals surface area contributed by atoms with Gasteiger partial charge in [0.2, 0.25) is 10.0 Å². The monoisotopic (exact) mass is 423 g/mol. The largest absolute Gasteiger partial charge is 0.478 e. The van der Waals surface area contributed by atoms with E-state index in [1.807, 2.05) is 22.6 Å². The SMILES string of the molecule is C=CCN(C(C)(C)C)S(=O)(=O)c1ccc(I)c(C(=O)O)c1. The van der Waals surface area contributed by atoms with Gasteiger partial charge in [0, 0.05) is 15.7 Å². The van der Waals surface area contributed by atoms with Crippen molar-refractivity contribution in [3.8, 4) is 0 Å². The molecule has 5 nitrogen and oxygen atoms in total. The molecule has 0 aliphatic rings. The number of rotatable bonds is 5. The molecule has 0 saturated heterocycles. The van der Waals surface area contributed by atoms with Gasteiger partial charge < -0.3 is 5.11 Å². The minimum Gasteiger partial charge on any atom is -0.478 e. The Balaban J connectivity index is 3.45. The fraction of sp³-hybridized carbons (Fsp3) is 0.357. The summed E-state index contributed by atoms with van der Waals surface area (Å²) in [6, 6.07) is 4.11. The molecule has 0 aliphatic heterocycles. The van der Waals surface area contributed by atoms with Crippen molar-refractivity contribution < 1.29 is 18.3 Å². The Hall–Kier alpha value is -0.930. The molecule has 0 bridgehead atoms. The zero-order chi connectivity index (χ0) is 16.4. The predicted octanol–water partition coefficient (Wildman–Crippen LogP) is 2.96. The molecule has 1 rings (SSSR count). The van der Waals surface area contributed by atoms with Crippen molar-refractivity contribution in [2.24, 2.45) is 0 Å². The van der Waals surface area contributed by atoms with Crippen LogP contribution in [-0.2, 0) is 10.0 Å². The van der Waals surface area contributed by atoms with Crippen molar-refractivity contribution in [2.45, 2.75) is 31.2 Å². The van der Waals surface area contributed by atoms with E-state index < -0.39 is 21.5 Å². The minimum absolute atomic E-state index is 0.0239. The normalized spacial score (nSPS) is 12.4. The van der Waals surface area contributed by atoms with Crippen molar-refractivity contribution >= 4 is 38.6 Å². The van der Waals surface area contributed by atoms with Crippen molar-refractivity contribution in [1.29, 1.82) is 0 Å². The second-order valence-corrected chi connectivity index (χ2v) is 8.47. The van der Waals surface area contributed by atoms with E-state index in [0.717, 1.165) is 0 Å². The molecular weight excluding hydrogens is 405 g/mol. The van der Waals surface area contributed by atoms with Crippen molar-refractivity contribution in [2.75, 3.05) is 6.54 Å². The molecule has 0 spiro atoms. The number of aromatic carboxylic acids is 1. The van der Waals surface area contributed by atoms with E-state index in [9.17, 15) is 13.2 Å². The Morgan fingerprint density at radius 2 is 2.00 bits per heavy atom. The standard InChI is InChI=1S/C14H18INO4S/c1-5-8-16(14(2,3)4)21(19,20)10-6-7-12(15)11(9-10)13(17)18/h5-7,9H,1,8H2,2-4H3,(H,17,18). The van der Waals surface area contributed by atoms with Gasteiger partial charge in [-0.25, -0.2) is 13.2 Å². The molecule has 0 aliphatic carbocycles. The molecule has 0 fully saturated rings. The Bertz CT molecular complexity index is 662. The fourth-order valence-electron chi connectivity index (χ4n) is 1.81. The quantitative estimate of drug-likeness (QED) is 0.584. The summed E-state index contributed by atoms with van der Waals surface area (Å²) in [5.41, 5.74) is -0.663. The molecule has 7 heteroatoms. The lowest BCUT2D eigenvalue weighted by Crippen LogP contribution is -2.45. The second kappa shape index (κ2) is 6.45. The number of sulfonamides is 1. The number of carboxylic acid groups (broad SMARTS) is 1. The Morgan fingerprint density at radius 3 is 2.43 bits per heavy atom. The lowest BCUT2D eigenvalue weighted by atomic mass is 10.1. The third kappa shape index (κ3) is 4.04. The van der Waals surface area contributed by atoms with Crippen molar-refractivity contribution in [3.05, 3.63) is 40.0 Å². The van der Waals surface area contributed by atoms with Gasteiger partial charge >= 0.3 is 5.97 Å². The summed E-state index contributed by atoms with van der Waals surface area (Å²) in [6.07, 6.45) is 1.51. The number of nitrogens with zero attached hydrogens (tertiary/aromatic N) is 1. The lowest BCUT2D eigenvalue weighted by molar-refractivity contribution is 0.0695. The van der Waals surface area contributed by atoms with Gasteiger partial charge in [-0.05, 0) is 61.6 Å². The molecule has 0 atom stereocenters. The summed E-state index contributed by atoms with van der Waals surface area (Å²) in [7, 11) is -3.80. The van der Waals surface area contributed by atoms with Gasteiger partial charge in [-0.2, -0.15) is 4.31 Å². The van der Waals surface area contributed by atoms with Gasteiger partial charge in [0.15, 0.2) is 0 Å². The van der Waals surface area contributed by atoms with E-state index in [1.165, 1.54) is 28.6 Å². The molecule has 0 aromatic heterocycles. The zero-order valence-corrected chi connectivity index (χ0v) is 15.1. The molecular formula is C14H18INO4S. The van der Waals surface area contributed by atoms with Gasteiger partial charge in [-0.15, -0.1) is 6.58 Å². The van der Waals surface area contributed by atoms with E-state index in [4.69, 9.17) is 5.11 Å². The summed E-state index contributed by atoms with van der Waals surface area (Å²) in [5, 5.41) is 9.13. The maximum atomic E-state index is 12.7. The van der Waals surface area contributed by atoms with Crippen LogP contribution in [0.3, 0.4) is 0 Å². The second-order valence-electron chi connectivity index (χ2n) is 5.44. The predicted molar refractivity (Wildman–Crippen MR) is 90.0 cm³/mol. The molecule has 0 amide bonds. The number of halogens is 1. The number of carboxylic acids is 1. The molecule has 0 unspecified atom stereocenters. The van der Waals surface area contributed by atoms with Crippen LogP contribution in [0, 0.1) is 3.57 Å².